The third-order valence-electron chi connectivity index (χ3n) is 2.04. The number of hydrogen-bond donors (Lipinski definition) is 0. The van der Waals surface area contributed by atoms with E-state index in [9.17, 15) is 0 Å². The monoisotopic (exact) mass is 290 g/mol. The molecule has 1 nitrogen and oxygen atoms in total. The Morgan fingerprint density at radius 2 is 2.12 bits per heavy atom. The fraction of sp³-hybridized carbons (Fsp3) is 0.385. The summed E-state index contributed by atoms with van der Waals surface area (Å²) in [5.41, 5.74) is 0.936. The van der Waals surface area contributed by atoms with E-state index in [-0.39, 0.29) is 6.10 Å². The molecule has 0 atom stereocenters. The second-order valence-electron chi connectivity index (χ2n) is 3.82. The number of thioether (sulfide) groups is 1. The summed E-state index contributed by atoms with van der Waals surface area (Å²) in [5, 5.41) is 1.28. The molecule has 1 aromatic rings. The summed E-state index contributed by atoms with van der Waals surface area (Å²) in [4.78, 5) is 0.944. The van der Waals surface area contributed by atoms with Crippen molar-refractivity contribution in [2.45, 2.75) is 20.0 Å². The lowest BCUT2D eigenvalue weighted by Gasteiger charge is -2.10. The van der Waals surface area contributed by atoms with Crippen molar-refractivity contribution in [2.24, 2.45) is 0 Å². The van der Waals surface area contributed by atoms with Gasteiger partial charge < -0.3 is 4.74 Å². The fourth-order valence-electron chi connectivity index (χ4n) is 1.24. The normalized spacial score (nSPS) is 10.9. The molecule has 0 radical (unpaired) electrons. The number of rotatable bonds is 6. The van der Waals surface area contributed by atoms with E-state index in [1.54, 1.807) is 17.8 Å². The van der Waals surface area contributed by atoms with Gasteiger partial charge in [0.15, 0.2) is 0 Å². The van der Waals surface area contributed by atoms with Crippen LogP contribution in [0, 0.1) is 0 Å². The number of hydrogen-bond acceptors (Lipinski definition) is 2. The summed E-state index contributed by atoms with van der Waals surface area (Å²) in [6, 6.07) is 5.44. The number of ether oxygens (including phenoxy) is 1. The Hall–Kier alpha value is -0.150. The minimum Gasteiger partial charge on any atom is -0.378 e. The second kappa shape index (κ2) is 7.32. The summed E-state index contributed by atoms with van der Waals surface area (Å²) in [7, 11) is 0. The predicted molar refractivity (Wildman–Crippen MR) is 79.0 cm³/mol. The highest BCUT2D eigenvalue weighted by Crippen LogP contribution is 2.32. The first kappa shape index (κ1) is 14.9. The molecule has 0 aromatic heterocycles. The van der Waals surface area contributed by atoms with Crippen LogP contribution in [0.4, 0.5) is 0 Å². The molecule has 17 heavy (non-hydrogen) atoms. The van der Waals surface area contributed by atoms with E-state index < -0.39 is 0 Å². The molecule has 1 aromatic carbocycles. The van der Waals surface area contributed by atoms with Crippen molar-refractivity contribution in [1.82, 2.24) is 0 Å². The molecule has 0 spiro atoms. The lowest BCUT2D eigenvalue weighted by atomic mass is 10.2. The Bertz CT molecular complexity index is 391. The number of halogens is 2. The topological polar surface area (TPSA) is 9.23 Å². The first-order valence-electron chi connectivity index (χ1n) is 5.39. The molecule has 4 heteroatoms. The van der Waals surface area contributed by atoms with Gasteiger partial charge in [0.1, 0.15) is 0 Å². The van der Waals surface area contributed by atoms with Crippen LogP contribution in [0.2, 0.25) is 10.0 Å². The second-order valence-corrected chi connectivity index (χ2v) is 5.85. The fourth-order valence-corrected chi connectivity index (χ4v) is 2.58. The Kier molecular flexibility index (Phi) is 6.42. The molecule has 0 aliphatic carbocycles. The molecular formula is C13H16Cl2OS. The van der Waals surface area contributed by atoms with Crippen molar-refractivity contribution in [2.75, 3.05) is 12.4 Å². The highest BCUT2D eigenvalue weighted by atomic mass is 35.5. The van der Waals surface area contributed by atoms with Gasteiger partial charge in [-0.1, -0.05) is 35.8 Å². The molecule has 94 valence electrons. The summed E-state index contributed by atoms with van der Waals surface area (Å²) < 4.78 is 5.46. The third kappa shape index (κ3) is 5.35. The van der Waals surface area contributed by atoms with Gasteiger partial charge in [0.2, 0.25) is 0 Å². The molecule has 0 saturated heterocycles. The summed E-state index contributed by atoms with van der Waals surface area (Å²) >= 11 is 13.6. The van der Waals surface area contributed by atoms with E-state index >= 15 is 0 Å². The van der Waals surface area contributed by atoms with Crippen LogP contribution in [0.25, 0.3) is 4.91 Å². The summed E-state index contributed by atoms with van der Waals surface area (Å²) in [6.07, 6.45) is 0.267. The van der Waals surface area contributed by atoms with Gasteiger partial charge in [-0.05, 0) is 26.0 Å². The van der Waals surface area contributed by atoms with Crippen molar-refractivity contribution in [1.29, 1.82) is 0 Å². The Balaban J connectivity index is 2.47. The largest absolute Gasteiger partial charge is 0.378 e. The molecule has 0 N–H and O–H groups in total. The number of benzene rings is 1. The van der Waals surface area contributed by atoms with Crippen LogP contribution < -0.4 is 0 Å². The van der Waals surface area contributed by atoms with Crippen LogP contribution in [-0.4, -0.2) is 18.5 Å². The van der Waals surface area contributed by atoms with E-state index in [1.807, 2.05) is 26.0 Å². The molecule has 0 bridgehead atoms. The first-order valence-corrected chi connectivity index (χ1v) is 7.13. The van der Waals surface area contributed by atoms with E-state index in [0.717, 1.165) is 16.2 Å². The van der Waals surface area contributed by atoms with Crippen molar-refractivity contribution in [3.63, 3.8) is 0 Å². The first-order chi connectivity index (χ1) is 8.00. The highest BCUT2D eigenvalue weighted by Gasteiger charge is 2.06. The van der Waals surface area contributed by atoms with Crippen LogP contribution >= 0.6 is 35.0 Å². The molecule has 0 aliphatic heterocycles. The van der Waals surface area contributed by atoms with Gasteiger partial charge in [-0.15, -0.1) is 11.8 Å². The van der Waals surface area contributed by atoms with Crippen LogP contribution in [0.1, 0.15) is 19.4 Å². The molecule has 0 aliphatic rings. The van der Waals surface area contributed by atoms with Crippen molar-refractivity contribution in [3.8, 4) is 0 Å². The SMILES string of the molecule is C=C(SCCOC(C)C)c1ccc(Cl)cc1Cl. The van der Waals surface area contributed by atoms with Crippen LogP contribution in [0.5, 0.6) is 0 Å². The molecule has 1 rings (SSSR count). The molecular weight excluding hydrogens is 275 g/mol. The molecule has 0 amide bonds. The Morgan fingerprint density at radius 1 is 1.41 bits per heavy atom. The standard InChI is InChI=1S/C13H16Cl2OS/c1-9(2)16-6-7-17-10(3)12-5-4-11(14)8-13(12)15/h4-5,8-9H,3,6-7H2,1-2H3. The summed E-state index contributed by atoms with van der Waals surface area (Å²) in [5.74, 6) is 0.871. The zero-order valence-corrected chi connectivity index (χ0v) is 12.3. The zero-order valence-electron chi connectivity index (χ0n) is 10.0. The van der Waals surface area contributed by atoms with Crippen LogP contribution in [0.15, 0.2) is 24.8 Å². The van der Waals surface area contributed by atoms with Crippen LogP contribution in [0.3, 0.4) is 0 Å². The van der Waals surface area contributed by atoms with Gasteiger partial charge in [0.05, 0.1) is 17.7 Å². The van der Waals surface area contributed by atoms with Gasteiger partial charge in [0, 0.05) is 21.2 Å². The maximum absolute atomic E-state index is 6.10. The Labute approximate surface area is 117 Å². The van der Waals surface area contributed by atoms with Gasteiger partial charge in [-0.2, -0.15) is 0 Å². The lowest BCUT2D eigenvalue weighted by molar-refractivity contribution is 0.0921. The van der Waals surface area contributed by atoms with Crippen LogP contribution in [-0.2, 0) is 4.74 Å². The minimum atomic E-state index is 0.267. The predicted octanol–water partition coefficient (Wildman–Crippen LogP) is 5.12. The molecule has 0 heterocycles. The molecule has 0 saturated carbocycles. The van der Waals surface area contributed by atoms with Gasteiger partial charge >= 0.3 is 0 Å². The summed E-state index contributed by atoms with van der Waals surface area (Å²) in [6.45, 7) is 8.77. The maximum Gasteiger partial charge on any atom is 0.0563 e. The minimum absolute atomic E-state index is 0.267. The van der Waals surface area contributed by atoms with Crippen molar-refractivity contribution in [3.05, 3.63) is 40.4 Å². The van der Waals surface area contributed by atoms with E-state index in [4.69, 9.17) is 27.9 Å². The van der Waals surface area contributed by atoms with Crippen molar-refractivity contribution >= 4 is 39.9 Å². The average molecular weight is 291 g/mol. The maximum atomic E-state index is 6.10. The van der Waals surface area contributed by atoms with E-state index in [1.165, 1.54) is 0 Å². The smallest absolute Gasteiger partial charge is 0.0563 e. The quantitative estimate of drug-likeness (QED) is 0.672. The zero-order chi connectivity index (χ0) is 12.8. The lowest BCUT2D eigenvalue weighted by Crippen LogP contribution is -2.05. The van der Waals surface area contributed by atoms with E-state index in [2.05, 4.69) is 6.58 Å². The van der Waals surface area contributed by atoms with E-state index in [0.29, 0.717) is 16.7 Å². The molecule has 0 unspecified atom stereocenters. The Morgan fingerprint density at radius 3 is 2.71 bits per heavy atom. The van der Waals surface area contributed by atoms with Crippen molar-refractivity contribution < 1.29 is 4.74 Å². The van der Waals surface area contributed by atoms with Gasteiger partial charge in [0.25, 0.3) is 0 Å². The van der Waals surface area contributed by atoms with Gasteiger partial charge in [-0.3, -0.25) is 0 Å². The third-order valence-corrected chi connectivity index (χ3v) is 3.53. The average Bonchev–Trinajstić information content (AvgIpc) is 2.23. The molecule has 0 fully saturated rings. The highest BCUT2D eigenvalue weighted by molar-refractivity contribution is 8.08. The van der Waals surface area contributed by atoms with Gasteiger partial charge in [-0.25, -0.2) is 0 Å².